The molecule has 2 rings (SSSR count). The second-order valence-corrected chi connectivity index (χ2v) is 5.05. The molecule has 0 aliphatic carbocycles. The first-order valence-corrected chi connectivity index (χ1v) is 5.46. The van der Waals surface area contributed by atoms with Crippen molar-refractivity contribution in [2.24, 2.45) is 0 Å². The highest BCUT2D eigenvalue weighted by Crippen LogP contribution is 2.39. The molecule has 1 aromatic carbocycles. The number of fused-ring (bicyclic) bond motifs is 1. The molecule has 0 fully saturated rings. The zero-order valence-electron chi connectivity index (χ0n) is 8.60. The van der Waals surface area contributed by atoms with Crippen LogP contribution in [0.1, 0.15) is 25.0 Å². The van der Waals surface area contributed by atoms with Gasteiger partial charge >= 0.3 is 0 Å². The Morgan fingerprint density at radius 1 is 1.29 bits per heavy atom. The maximum Gasteiger partial charge on any atom is 0.128 e. The predicted octanol–water partition coefficient (Wildman–Crippen LogP) is 3.90. The minimum absolute atomic E-state index is 0.221. The molecule has 1 heterocycles. The molecule has 1 aliphatic heterocycles. The molecule has 14 heavy (non-hydrogen) atoms. The lowest BCUT2D eigenvalue weighted by Gasteiger charge is -2.29. The van der Waals surface area contributed by atoms with Crippen LogP contribution in [0.25, 0.3) is 4.48 Å². The molecule has 1 aromatic rings. The van der Waals surface area contributed by atoms with E-state index in [1.807, 2.05) is 6.07 Å². The van der Waals surface area contributed by atoms with Gasteiger partial charge < -0.3 is 4.74 Å². The van der Waals surface area contributed by atoms with Crippen LogP contribution in [0.15, 0.2) is 24.3 Å². The van der Waals surface area contributed by atoms with Gasteiger partial charge in [0.25, 0.3) is 0 Å². The number of rotatable bonds is 0. The number of hydrogen-bond donors (Lipinski definition) is 0. The van der Waals surface area contributed by atoms with E-state index in [9.17, 15) is 0 Å². The standard InChI is InChI=1S/C12H13BrO/c1-8-4-5-11-9(6-8)10(13)7-12(2,3)14-11/h4-7H,1-3H3. The van der Waals surface area contributed by atoms with Crippen molar-refractivity contribution >= 4 is 20.4 Å². The van der Waals surface area contributed by atoms with Crippen LogP contribution < -0.4 is 4.74 Å². The minimum atomic E-state index is -0.221. The highest BCUT2D eigenvalue weighted by molar-refractivity contribution is 9.15. The van der Waals surface area contributed by atoms with E-state index in [2.05, 4.69) is 54.9 Å². The minimum Gasteiger partial charge on any atom is -0.483 e. The van der Waals surface area contributed by atoms with Gasteiger partial charge in [0, 0.05) is 10.0 Å². The van der Waals surface area contributed by atoms with E-state index >= 15 is 0 Å². The average molecular weight is 253 g/mol. The molecule has 0 saturated carbocycles. The van der Waals surface area contributed by atoms with E-state index in [0.29, 0.717) is 0 Å². The van der Waals surface area contributed by atoms with Crippen molar-refractivity contribution in [3.05, 3.63) is 35.4 Å². The lowest BCUT2D eigenvalue weighted by molar-refractivity contribution is 0.158. The Bertz CT molecular complexity index is 405. The first kappa shape index (κ1) is 9.78. The monoisotopic (exact) mass is 252 g/mol. The third kappa shape index (κ3) is 1.71. The van der Waals surface area contributed by atoms with Gasteiger partial charge in [-0.05, 0) is 39.0 Å². The van der Waals surface area contributed by atoms with Crippen molar-refractivity contribution in [1.82, 2.24) is 0 Å². The molecule has 74 valence electrons. The van der Waals surface area contributed by atoms with Crippen LogP contribution in [0.3, 0.4) is 0 Å². The summed E-state index contributed by atoms with van der Waals surface area (Å²) in [6.07, 6.45) is 2.09. The van der Waals surface area contributed by atoms with Gasteiger partial charge in [-0.3, -0.25) is 0 Å². The van der Waals surface area contributed by atoms with Gasteiger partial charge in [-0.1, -0.05) is 27.6 Å². The second kappa shape index (κ2) is 3.13. The summed E-state index contributed by atoms with van der Waals surface area (Å²) in [6.45, 7) is 6.19. The Labute approximate surface area is 92.9 Å². The zero-order valence-corrected chi connectivity index (χ0v) is 10.2. The fourth-order valence-electron chi connectivity index (χ4n) is 1.62. The van der Waals surface area contributed by atoms with Crippen molar-refractivity contribution in [2.45, 2.75) is 26.4 Å². The molecule has 0 unspecified atom stereocenters. The van der Waals surface area contributed by atoms with Crippen LogP contribution >= 0.6 is 15.9 Å². The fraction of sp³-hybridized carbons (Fsp3) is 0.333. The smallest absolute Gasteiger partial charge is 0.128 e. The van der Waals surface area contributed by atoms with Crippen LogP contribution in [0.4, 0.5) is 0 Å². The van der Waals surface area contributed by atoms with Crippen molar-refractivity contribution in [1.29, 1.82) is 0 Å². The summed E-state index contributed by atoms with van der Waals surface area (Å²) in [4.78, 5) is 0. The number of benzene rings is 1. The molecule has 0 N–H and O–H groups in total. The van der Waals surface area contributed by atoms with Gasteiger partial charge in [0.05, 0.1) is 0 Å². The molecule has 0 atom stereocenters. The third-order valence-electron chi connectivity index (χ3n) is 2.24. The average Bonchev–Trinajstić information content (AvgIpc) is 2.05. The number of aryl methyl sites for hydroxylation is 1. The molecule has 1 aliphatic rings. The molecule has 0 saturated heterocycles. The van der Waals surface area contributed by atoms with Crippen LogP contribution in [0.2, 0.25) is 0 Å². The summed E-state index contributed by atoms with van der Waals surface area (Å²) in [7, 11) is 0. The zero-order chi connectivity index (χ0) is 10.3. The van der Waals surface area contributed by atoms with E-state index in [0.717, 1.165) is 15.8 Å². The van der Waals surface area contributed by atoms with Gasteiger partial charge in [0.15, 0.2) is 0 Å². The van der Waals surface area contributed by atoms with Gasteiger partial charge in [-0.25, -0.2) is 0 Å². The van der Waals surface area contributed by atoms with Gasteiger partial charge in [-0.15, -0.1) is 0 Å². The Kier molecular flexibility index (Phi) is 2.18. The summed E-state index contributed by atoms with van der Waals surface area (Å²) < 4.78 is 6.96. The highest BCUT2D eigenvalue weighted by Gasteiger charge is 2.25. The first-order chi connectivity index (χ1) is 6.48. The summed E-state index contributed by atoms with van der Waals surface area (Å²) in [5, 5.41) is 0. The molecule has 1 nitrogen and oxygen atoms in total. The van der Waals surface area contributed by atoms with Crippen molar-refractivity contribution in [3.63, 3.8) is 0 Å². The van der Waals surface area contributed by atoms with Crippen molar-refractivity contribution < 1.29 is 4.74 Å². The second-order valence-electron chi connectivity index (χ2n) is 4.20. The number of halogens is 1. The van der Waals surface area contributed by atoms with Gasteiger partial charge in [0.1, 0.15) is 11.4 Å². The number of hydrogen-bond acceptors (Lipinski definition) is 1. The summed E-state index contributed by atoms with van der Waals surface area (Å²) >= 11 is 3.58. The van der Waals surface area contributed by atoms with Crippen LogP contribution in [0, 0.1) is 6.92 Å². The van der Waals surface area contributed by atoms with E-state index in [-0.39, 0.29) is 5.60 Å². The Morgan fingerprint density at radius 3 is 2.71 bits per heavy atom. The molecule has 0 spiro atoms. The van der Waals surface area contributed by atoms with E-state index in [1.54, 1.807) is 0 Å². The highest BCUT2D eigenvalue weighted by atomic mass is 79.9. The fourth-order valence-corrected chi connectivity index (χ4v) is 2.48. The number of ether oxygens (including phenoxy) is 1. The largest absolute Gasteiger partial charge is 0.483 e. The van der Waals surface area contributed by atoms with Crippen molar-refractivity contribution in [2.75, 3.05) is 0 Å². The predicted molar refractivity (Wildman–Crippen MR) is 62.8 cm³/mol. The lowest BCUT2D eigenvalue weighted by atomic mass is 10.0. The molecule has 0 radical (unpaired) electrons. The Balaban J connectivity index is 2.56. The summed E-state index contributed by atoms with van der Waals surface area (Å²) in [6, 6.07) is 6.23. The van der Waals surface area contributed by atoms with E-state index < -0.39 is 0 Å². The lowest BCUT2D eigenvalue weighted by Crippen LogP contribution is -2.28. The third-order valence-corrected chi connectivity index (χ3v) is 2.90. The Morgan fingerprint density at radius 2 is 2.00 bits per heavy atom. The normalized spacial score (nSPS) is 18.1. The maximum absolute atomic E-state index is 5.84. The van der Waals surface area contributed by atoms with Gasteiger partial charge in [0.2, 0.25) is 0 Å². The van der Waals surface area contributed by atoms with Crippen LogP contribution in [-0.4, -0.2) is 5.60 Å². The maximum atomic E-state index is 5.84. The topological polar surface area (TPSA) is 9.23 Å². The summed E-state index contributed by atoms with van der Waals surface area (Å²) in [5.74, 6) is 0.954. The molecule has 0 bridgehead atoms. The van der Waals surface area contributed by atoms with Crippen LogP contribution in [-0.2, 0) is 0 Å². The van der Waals surface area contributed by atoms with Gasteiger partial charge in [-0.2, -0.15) is 0 Å². The molecular formula is C12H13BrO. The Hall–Kier alpha value is -0.760. The van der Waals surface area contributed by atoms with E-state index in [1.165, 1.54) is 5.56 Å². The SMILES string of the molecule is Cc1ccc2c(c1)C(Br)=CC(C)(C)O2. The van der Waals surface area contributed by atoms with Crippen LogP contribution in [0.5, 0.6) is 5.75 Å². The van der Waals surface area contributed by atoms with Crippen molar-refractivity contribution in [3.8, 4) is 5.75 Å². The first-order valence-electron chi connectivity index (χ1n) is 4.66. The molecule has 0 amide bonds. The summed E-state index contributed by atoms with van der Waals surface area (Å²) in [5.41, 5.74) is 2.17. The van der Waals surface area contributed by atoms with E-state index in [4.69, 9.17) is 4.74 Å². The molecular weight excluding hydrogens is 240 g/mol. The molecule has 2 heteroatoms. The quantitative estimate of drug-likeness (QED) is 0.681. The molecule has 0 aromatic heterocycles.